The third-order valence-corrected chi connectivity index (χ3v) is 5.44. The van der Waals surface area contributed by atoms with E-state index in [1.807, 2.05) is 0 Å². The van der Waals surface area contributed by atoms with E-state index >= 15 is 0 Å². The quantitative estimate of drug-likeness (QED) is 0.598. The molecule has 0 aliphatic carbocycles. The molecule has 1 N–H and O–H groups in total. The topological polar surface area (TPSA) is 58.6 Å². The fourth-order valence-electron chi connectivity index (χ4n) is 3.67. The molecule has 0 atom stereocenters. The minimum atomic E-state index is -0.386. The van der Waals surface area contributed by atoms with Crippen LogP contribution in [0.2, 0.25) is 5.02 Å². The van der Waals surface area contributed by atoms with Gasteiger partial charge in [0.2, 0.25) is 0 Å². The molecule has 3 aromatic rings. The Bertz CT molecular complexity index is 1150. The second kappa shape index (κ2) is 8.78. The average molecular weight is 439 g/mol. The number of carbonyl (C=O) groups is 2. The average Bonchev–Trinajstić information content (AvgIpc) is 2.78. The molecule has 0 fully saturated rings. The Kier molecular flexibility index (Phi) is 5.91. The Balaban J connectivity index is 1.58. The number of aryl methyl sites for hydroxylation is 1. The van der Waals surface area contributed by atoms with Crippen molar-refractivity contribution in [2.45, 2.75) is 12.8 Å². The maximum atomic E-state index is 13.2. The van der Waals surface area contributed by atoms with Crippen LogP contribution in [0.5, 0.6) is 5.75 Å². The number of benzene rings is 3. The van der Waals surface area contributed by atoms with Crippen molar-refractivity contribution in [3.8, 4) is 5.75 Å². The van der Waals surface area contributed by atoms with Crippen molar-refractivity contribution >= 4 is 34.8 Å². The molecule has 4 rings (SSSR count). The van der Waals surface area contributed by atoms with E-state index in [9.17, 15) is 14.0 Å². The number of hydrogen-bond acceptors (Lipinski definition) is 3. The van der Waals surface area contributed by atoms with Crippen LogP contribution < -0.4 is 15.0 Å². The summed E-state index contributed by atoms with van der Waals surface area (Å²) in [6.07, 6.45) is 1.53. The number of nitrogens with zero attached hydrogens (tertiary/aromatic N) is 1. The van der Waals surface area contributed by atoms with Crippen molar-refractivity contribution in [2.75, 3.05) is 23.9 Å². The van der Waals surface area contributed by atoms with Crippen molar-refractivity contribution in [1.29, 1.82) is 0 Å². The van der Waals surface area contributed by atoms with Gasteiger partial charge in [-0.1, -0.05) is 11.6 Å². The van der Waals surface area contributed by atoms with Gasteiger partial charge in [-0.15, -0.1) is 0 Å². The summed E-state index contributed by atoms with van der Waals surface area (Å²) in [6.45, 7) is 0.564. The van der Waals surface area contributed by atoms with E-state index in [1.165, 1.54) is 31.4 Å². The van der Waals surface area contributed by atoms with Crippen LogP contribution in [0.1, 0.15) is 32.7 Å². The molecule has 0 radical (unpaired) electrons. The van der Waals surface area contributed by atoms with Gasteiger partial charge < -0.3 is 15.0 Å². The minimum absolute atomic E-state index is 0.193. The summed E-state index contributed by atoms with van der Waals surface area (Å²) in [5.41, 5.74) is 3.04. The normalized spacial score (nSPS) is 12.8. The van der Waals surface area contributed by atoms with Crippen LogP contribution in [0.3, 0.4) is 0 Å². The lowest BCUT2D eigenvalue weighted by Gasteiger charge is -2.30. The summed E-state index contributed by atoms with van der Waals surface area (Å²) in [5, 5.41) is 3.31. The highest BCUT2D eigenvalue weighted by molar-refractivity contribution is 6.31. The van der Waals surface area contributed by atoms with E-state index in [0.717, 1.165) is 24.1 Å². The van der Waals surface area contributed by atoms with Crippen molar-refractivity contribution in [1.82, 2.24) is 0 Å². The first-order valence-electron chi connectivity index (χ1n) is 9.81. The van der Waals surface area contributed by atoms with E-state index < -0.39 is 0 Å². The lowest BCUT2D eigenvalue weighted by Crippen LogP contribution is -2.35. The van der Waals surface area contributed by atoms with Crippen LogP contribution in [0, 0.1) is 5.82 Å². The fraction of sp³-hybridized carbons (Fsp3) is 0.167. The molecule has 0 spiro atoms. The highest BCUT2D eigenvalue weighted by Crippen LogP contribution is 2.31. The van der Waals surface area contributed by atoms with Crippen molar-refractivity contribution < 1.29 is 18.7 Å². The number of amides is 2. The van der Waals surface area contributed by atoms with Gasteiger partial charge in [-0.2, -0.15) is 0 Å². The third-order valence-electron chi connectivity index (χ3n) is 5.21. The van der Waals surface area contributed by atoms with E-state index in [1.54, 1.807) is 41.3 Å². The molecule has 158 valence electrons. The number of ether oxygens (including phenoxy) is 1. The number of rotatable bonds is 4. The SMILES string of the molecule is COc1ccc(Cl)cc1NC(=O)c1ccc2c(c1)CCCN2C(=O)c1ccc(F)cc1. The second-order valence-corrected chi connectivity index (χ2v) is 7.65. The third kappa shape index (κ3) is 4.39. The number of anilines is 2. The standard InChI is InChI=1S/C24H20ClFN2O3/c1-31-22-11-7-18(25)14-20(22)27-23(29)17-6-10-21-16(13-17)3-2-12-28(21)24(30)15-4-8-19(26)9-5-15/h4-11,13-14H,2-3,12H2,1H3,(H,27,29). The fourth-order valence-corrected chi connectivity index (χ4v) is 3.84. The lowest BCUT2D eigenvalue weighted by molar-refractivity contribution is 0.0984. The molecule has 3 aromatic carbocycles. The first kappa shape index (κ1) is 20.9. The van der Waals surface area contributed by atoms with Gasteiger partial charge in [0, 0.05) is 28.4 Å². The Morgan fingerprint density at radius 2 is 1.77 bits per heavy atom. The first-order chi connectivity index (χ1) is 15.0. The Hall–Kier alpha value is -3.38. The maximum absolute atomic E-state index is 13.2. The number of carbonyl (C=O) groups excluding carboxylic acids is 2. The number of nitrogens with one attached hydrogen (secondary N) is 1. The summed E-state index contributed by atoms with van der Waals surface area (Å²) in [6, 6.07) is 15.8. The predicted octanol–water partition coefficient (Wildman–Crippen LogP) is 5.33. The monoisotopic (exact) mass is 438 g/mol. The molecule has 5 nitrogen and oxygen atoms in total. The van der Waals surface area contributed by atoms with Gasteiger partial charge in [0.05, 0.1) is 12.8 Å². The number of fused-ring (bicyclic) bond motifs is 1. The summed E-state index contributed by atoms with van der Waals surface area (Å²) >= 11 is 6.04. The minimum Gasteiger partial charge on any atom is -0.495 e. The number of hydrogen-bond donors (Lipinski definition) is 1. The Morgan fingerprint density at radius 3 is 2.52 bits per heavy atom. The molecule has 1 heterocycles. The number of methoxy groups -OCH3 is 1. The van der Waals surface area contributed by atoms with Gasteiger partial charge in [0.25, 0.3) is 11.8 Å². The van der Waals surface area contributed by atoms with Crippen LogP contribution in [0.25, 0.3) is 0 Å². The van der Waals surface area contributed by atoms with Gasteiger partial charge in [0.15, 0.2) is 0 Å². The van der Waals surface area contributed by atoms with Crippen LogP contribution in [-0.2, 0) is 6.42 Å². The van der Waals surface area contributed by atoms with E-state index in [2.05, 4.69) is 5.32 Å². The van der Waals surface area contributed by atoms with Gasteiger partial charge in [0.1, 0.15) is 11.6 Å². The van der Waals surface area contributed by atoms with Gasteiger partial charge in [-0.3, -0.25) is 9.59 Å². The van der Waals surface area contributed by atoms with Gasteiger partial charge >= 0.3 is 0 Å². The van der Waals surface area contributed by atoms with Gasteiger partial charge in [-0.05, 0) is 79.1 Å². The molecule has 0 aromatic heterocycles. The maximum Gasteiger partial charge on any atom is 0.258 e. The molecular formula is C24H20ClFN2O3. The lowest BCUT2D eigenvalue weighted by atomic mass is 9.98. The highest BCUT2D eigenvalue weighted by Gasteiger charge is 2.24. The van der Waals surface area contributed by atoms with Crippen LogP contribution in [0.4, 0.5) is 15.8 Å². The largest absolute Gasteiger partial charge is 0.495 e. The Labute approximate surface area is 184 Å². The highest BCUT2D eigenvalue weighted by atomic mass is 35.5. The molecule has 0 bridgehead atoms. The van der Waals surface area contributed by atoms with Crippen molar-refractivity contribution in [3.05, 3.63) is 88.2 Å². The molecule has 2 amide bonds. The zero-order valence-corrected chi connectivity index (χ0v) is 17.6. The zero-order valence-electron chi connectivity index (χ0n) is 16.8. The van der Waals surface area contributed by atoms with Crippen molar-refractivity contribution in [2.24, 2.45) is 0 Å². The van der Waals surface area contributed by atoms with Crippen LogP contribution in [0.15, 0.2) is 60.7 Å². The molecule has 0 unspecified atom stereocenters. The van der Waals surface area contributed by atoms with E-state index in [0.29, 0.717) is 34.1 Å². The first-order valence-corrected chi connectivity index (χ1v) is 10.2. The molecule has 0 saturated heterocycles. The summed E-state index contributed by atoms with van der Waals surface area (Å²) in [5.74, 6) is -0.374. The summed E-state index contributed by atoms with van der Waals surface area (Å²) in [4.78, 5) is 27.4. The molecule has 1 aliphatic rings. The van der Waals surface area contributed by atoms with E-state index in [-0.39, 0.29) is 17.6 Å². The molecule has 7 heteroatoms. The van der Waals surface area contributed by atoms with Crippen LogP contribution in [-0.4, -0.2) is 25.5 Å². The summed E-state index contributed by atoms with van der Waals surface area (Å²) in [7, 11) is 1.52. The predicted molar refractivity (Wildman–Crippen MR) is 119 cm³/mol. The molecule has 31 heavy (non-hydrogen) atoms. The molecule has 0 saturated carbocycles. The second-order valence-electron chi connectivity index (χ2n) is 7.21. The zero-order chi connectivity index (χ0) is 22.0. The number of halogens is 2. The van der Waals surface area contributed by atoms with Crippen LogP contribution >= 0.6 is 11.6 Å². The van der Waals surface area contributed by atoms with Crippen molar-refractivity contribution in [3.63, 3.8) is 0 Å². The molecule has 1 aliphatic heterocycles. The van der Waals surface area contributed by atoms with Gasteiger partial charge in [-0.25, -0.2) is 4.39 Å². The molecular weight excluding hydrogens is 419 g/mol. The Morgan fingerprint density at radius 1 is 1.03 bits per heavy atom. The smallest absolute Gasteiger partial charge is 0.258 e. The summed E-state index contributed by atoms with van der Waals surface area (Å²) < 4.78 is 18.5. The van der Waals surface area contributed by atoms with E-state index in [4.69, 9.17) is 16.3 Å².